The first-order valence-corrected chi connectivity index (χ1v) is 7.71. The normalized spacial score (nSPS) is 12.8. The molecule has 1 aromatic carbocycles. The van der Waals surface area contributed by atoms with Crippen LogP contribution in [-0.2, 0) is 0 Å². The Morgan fingerprint density at radius 2 is 2.17 bits per heavy atom. The van der Waals surface area contributed by atoms with Crippen LogP contribution >= 0.6 is 24.0 Å². The number of hydrogen-bond acceptors (Lipinski definition) is 3. The molecule has 5 heteroatoms. The van der Waals surface area contributed by atoms with Gasteiger partial charge in [0.25, 0.3) is 5.56 Å². The Balaban J connectivity index is 2.71. The molecule has 1 heterocycles. The Morgan fingerprint density at radius 1 is 1.44 bits per heavy atom. The first-order chi connectivity index (χ1) is 8.69. The molecule has 2 rings (SSSR count). The number of fused-ring (bicyclic) bond motifs is 1. The molecule has 0 fully saturated rings. The van der Waals surface area contributed by atoms with E-state index >= 15 is 0 Å². The molecule has 0 spiro atoms. The van der Waals surface area contributed by atoms with E-state index in [9.17, 15) is 4.79 Å². The van der Waals surface area contributed by atoms with E-state index in [4.69, 9.17) is 12.2 Å². The molecule has 0 radical (unpaired) electrons. The summed E-state index contributed by atoms with van der Waals surface area (Å²) in [7, 11) is 0. The van der Waals surface area contributed by atoms with Crippen molar-refractivity contribution in [1.29, 1.82) is 0 Å². The maximum absolute atomic E-state index is 12.5. The number of benzene rings is 1. The first kappa shape index (κ1) is 13.4. The summed E-state index contributed by atoms with van der Waals surface area (Å²) in [5.41, 5.74) is 0.818. The van der Waals surface area contributed by atoms with Gasteiger partial charge in [0.2, 0.25) is 0 Å². The molecule has 0 saturated heterocycles. The van der Waals surface area contributed by atoms with Crippen LogP contribution in [0, 0.1) is 4.77 Å². The average molecular weight is 280 g/mol. The lowest BCUT2D eigenvalue weighted by atomic mass is 10.2. The Morgan fingerprint density at radius 3 is 2.83 bits per heavy atom. The molecule has 1 atom stereocenters. The third-order valence-corrected chi connectivity index (χ3v) is 4.05. The van der Waals surface area contributed by atoms with E-state index in [1.807, 2.05) is 30.5 Å². The number of aromatic amines is 1. The molecule has 18 heavy (non-hydrogen) atoms. The van der Waals surface area contributed by atoms with Crippen molar-refractivity contribution in [2.75, 3.05) is 12.0 Å². The minimum absolute atomic E-state index is 0.00949. The standard InChI is InChI=1S/C13H16N2OS2/c1-3-9(8-18-2)15-12(16)10-6-4-5-7-11(10)14-13(15)17/h4-7,9H,3,8H2,1-2H3,(H,14,17). The molecule has 1 N–H and O–H groups in total. The zero-order chi connectivity index (χ0) is 13.1. The predicted molar refractivity (Wildman–Crippen MR) is 81.1 cm³/mol. The molecule has 0 bridgehead atoms. The van der Waals surface area contributed by atoms with Crippen LogP contribution in [0.4, 0.5) is 0 Å². The van der Waals surface area contributed by atoms with Crippen LogP contribution in [0.2, 0.25) is 0 Å². The maximum atomic E-state index is 12.5. The fourth-order valence-electron chi connectivity index (χ4n) is 2.08. The lowest BCUT2D eigenvalue weighted by Crippen LogP contribution is -2.27. The van der Waals surface area contributed by atoms with Crippen molar-refractivity contribution in [3.05, 3.63) is 39.4 Å². The van der Waals surface area contributed by atoms with Crippen LogP contribution in [-0.4, -0.2) is 21.6 Å². The first-order valence-electron chi connectivity index (χ1n) is 5.91. The number of hydrogen-bond donors (Lipinski definition) is 1. The lowest BCUT2D eigenvalue weighted by Gasteiger charge is -2.17. The van der Waals surface area contributed by atoms with Crippen LogP contribution in [0.25, 0.3) is 10.9 Å². The SMILES string of the molecule is CCC(CSC)n1c(=S)[nH]c2ccccc2c1=O. The minimum Gasteiger partial charge on any atom is -0.332 e. The summed E-state index contributed by atoms with van der Waals surface area (Å²) in [6.45, 7) is 2.08. The van der Waals surface area contributed by atoms with Gasteiger partial charge in [0.15, 0.2) is 4.77 Å². The molecule has 1 unspecified atom stereocenters. The molecule has 0 aliphatic carbocycles. The number of rotatable bonds is 4. The predicted octanol–water partition coefficient (Wildman–Crippen LogP) is 3.37. The van der Waals surface area contributed by atoms with Crippen molar-refractivity contribution in [3.8, 4) is 0 Å². The number of thioether (sulfide) groups is 1. The van der Waals surface area contributed by atoms with Crippen LogP contribution < -0.4 is 5.56 Å². The monoisotopic (exact) mass is 280 g/mol. The van der Waals surface area contributed by atoms with Gasteiger partial charge in [-0.1, -0.05) is 19.1 Å². The molecule has 3 nitrogen and oxygen atoms in total. The molecular weight excluding hydrogens is 264 g/mol. The second-order valence-corrected chi connectivity index (χ2v) is 5.47. The molecule has 96 valence electrons. The third kappa shape index (κ3) is 2.37. The Bertz CT molecular complexity index is 660. The highest BCUT2D eigenvalue weighted by atomic mass is 32.2. The van der Waals surface area contributed by atoms with Gasteiger partial charge in [0, 0.05) is 11.8 Å². The summed E-state index contributed by atoms with van der Waals surface area (Å²) < 4.78 is 2.23. The van der Waals surface area contributed by atoms with Gasteiger partial charge in [-0.25, -0.2) is 0 Å². The van der Waals surface area contributed by atoms with Crippen molar-refractivity contribution in [1.82, 2.24) is 9.55 Å². The molecule has 1 aromatic heterocycles. The number of aromatic nitrogens is 2. The van der Waals surface area contributed by atoms with E-state index in [0.717, 1.165) is 17.7 Å². The second kappa shape index (κ2) is 5.71. The Hall–Kier alpha value is -1.07. The average Bonchev–Trinajstić information content (AvgIpc) is 2.37. The van der Waals surface area contributed by atoms with Crippen LogP contribution in [0.3, 0.4) is 0 Å². The molecular formula is C13H16N2OS2. The van der Waals surface area contributed by atoms with Gasteiger partial charge >= 0.3 is 0 Å². The molecule has 0 aliphatic rings. The van der Waals surface area contributed by atoms with Crippen molar-refractivity contribution >= 4 is 34.9 Å². The van der Waals surface area contributed by atoms with Crippen molar-refractivity contribution in [2.45, 2.75) is 19.4 Å². The molecule has 0 amide bonds. The van der Waals surface area contributed by atoms with E-state index in [1.165, 1.54) is 0 Å². The van der Waals surface area contributed by atoms with Crippen LogP contribution in [0.1, 0.15) is 19.4 Å². The summed E-state index contributed by atoms with van der Waals surface area (Å²) >= 11 is 7.05. The number of nitrogens with zero attached hydrogens (tertiary/aromatic N) is 1. The minimum atomic E-state index is 0.00949. The smallest absolute Gasteiger partial charge is 0.262 e. The highest BCUT2D eigenvalue weighted by Crippen LogP contribution is 2.16. The fourth-order valence-corrected chi connectivity index (χ4v) is 3.19. The summed E-state index contributed by atoms with van der Waals surface area (Å²) in [5, 5.41) is 0.700. The highest BCUT2D eigenvalue weighted by Gasteiger charge is 2.13. The Kier molecular flexibility index (Phi) is 4.24. The quantitative estimate of drug-likeness (QED) is 0.873. The number of H-pyrrole nitrogens is 1. The van der Waals surface area contributed by atoms with Gasteiger partial charge in [-0.3, -0.25) is 9.36 Å². The maximum Gasteiger partial charge on any atom is 0.262 e. The summed E-state index contributed by atoms with van der Waals surface area (Å²) in [5.74, 6) is 0.895. The van der Waals surface area contributed by atoms with Crippen LogP contribution in [0.15, 0.2) is 29.1 Å². The van der Waals surface area contributed by atoms with Gasteiger partial charge in [-0.2, -0.15) is 11.8 Å². The van der Waals surface area contributed by atoms with Crippen molar-refractivity contribution in [2.24, 2.45) is 0 Å². The van der Waals surface area contributed by atoms with E-state index in [-0.39, 0.29) is 11.6 Å². The number of para-hydroxylation sites is 1. The van der Waals surface area contributed by atoms with Gasteiger partial charge in [-0.15, -0.1) is 0 Å². The summed E-state index contributed by atoms with van der Waals surface area (Å²) in [4.78, 5) is 15.6. The molecule has 0 aliphatic heterocycles. The van der Waals surface area contributed by atoms with Gasteiger partial charge in [0.1, 0.15) is 0 Å². The molecule has 2 aromatic rings. The lowest BCUT2D eigenvalue weighted by molar-refractivity contribution is 0.512. The van der Waals surface area contributed by atoms with Gasteiger partial charge in [0.05, 0.1) is 10.9 Å². The van der Waals surface area contributed by atoms with Gasteiger partial charge in [-0.05, 0) is 37.0 Å². The van der Waals surface area contributed by atoms with Crippen molar-refractivity contribution < 1.29 is 0 Å². The highest BCUT2D eigenvalue weighted by molar-refractivity contribution is 7.98. The summed E-state index contributed by atoms with van der Waals surface area (Å²) in [6, 6.07) is 7.65. The second-order valence-electron chi connectivity index (χ2n) is 4.17. The van der Waals surface area contributed by atoms with Crippen molar-refractivity contribution in [3.63, 3.8) is 0 Å². The largest absolute Gasteiger partial charge is 0.332 e. The third-order valence-electron chi connectivity index (χ3n) is 3.03. The number of nitrogens with one attached hydrogen (secondary N) is 1. The topological polar surface area (TPSA) is 37.8 Å². The van der Waals surface area contributed by atoms with E-state index in [0.29, 0.717) is 10.2 Å². The zero-order valence-electron chi connectivity index (χ0n) is 10.5. The zero-order valence-corrected chi connectivity index (χ0v) is 12.1. The van der Waals surface area contributed by atoms with Gasteiger partial charge < -0.3 is 4.98 Å². The van der Waals surface area contributed by atoms with E-state index in [1.54, 1.807) is 16.3 Å². The van der Waals surface area contributed by atoms with Crippen LogP contribution in [0.5, 0.6) is 0 Å². The molecule has 0 saturated carbocycles. The van der Waals surface area contributed by atoms with E-state index < -0.39 is 0 Å². The van der Waals surface area contributed by atoms with E-state index in [2.05, 4.69) is 11.9 Å². The Labute approximate surface area is 115 Å². The summed E-state index contributed by atoms with van der Waals surface area (Å²) in [6.07, 6.45) is 2.94. The fraction of sp³-hybridized carbons (Fsp3) is 0.385.